The Morgan fingerprint density at radius 3 is 2.45 bits per heavy atom. The number of nitrogens with one attached hydrogen (secondary N) is 1. The van der Waals surface area contributed by atoms with Gasteiger partial charge in [-0.05, 0) is 18.9 Å². The van der Waals surface area contributed by atoms with Crippen LogP contribution in [-0.4, -0.2) is 23.0 Å². The monoisotopic (exact) mass is 278 g/mol. The van der Waals surface area contributed by atoms with Crippen LogP contribution in [0.2, 0.25) is 0 Å². The van der Waals surface area contributed by atoms with Gasteiger partial charge in [-0.1, -0.05) is 50.1 Å². The number of carbonyl (C=O) groups excluding carboxylic acids is 1. The molecule has 0 aliphatic carbocycles. The van der Waals surface area contributed by atoms with Crippen molar-refractivity contribution in [2.45, 2.75) is 44.7 Å². The van der Waals surface area contributed by atoms with Crippen LogP contribution in [0.5, 0.6) is 0 Å². The highest BCUT2D eigenvalue weighted by molar-refractivity contribution is 5.90. The van der Waals surface area contributed by atoms with E-state index in [-0.39, 0.29) is 0 Å². The summed E-state index contributed by atoms with van der Waals surface area (Å²) < 4.78 is 0. The number of nitrogens with two attached hydrogens (primary N) is 1. The number of unbranched alkanes of at least 4 members (excludes halogenated alkanes) is 1. The summed E-state index contributed by atoms with van der Waals surface area (Å²) in [5, 5.41) is 11.7. The summed E-state index contributed by atoms with van der Waals surface area (Å²) in [4.78, 5) is 23.4. The van der Waals surface area contributed by atoms with Gasteiger partial charge in [0.15, 0.2) is 0 Å². The number of aliphatic carboxylic acids is 1. The number of rotatable bonds is 7. The molecule has 2 atom stereocenters. The first-order chi connectivity index (χ1) is 9.39. The third kappa shape index (κ3) is 4.06. The van der Waals surface area contributed by atoms with Crippen molar-refractivity contribution in [3.05, 3.63) is 35.9 Å². The zero-order valence-electron chi connectivity index (χ0n) is 11.9. The van der Waals surface area contributed by atoms with Crippen molar-refractivity contribution in [2.75, 3.05) is 0 Å². The molecule has 110 valence electrons. The number of amides is 1. The van der Waals surface area contributed by atoms with Gasteiger partial charge in [-0.2, -0.15) is 0 Å². The normalized spacial score (nSPS) is 15.2. The van der Waals surface area contributed by atoms with Gasteiger partial charge in [0.05, 0.1) is 0 Å². The van der Waals surface area contributed by atoms with Crippen LogP contribution in [0.3, 0.4) is 0 Å². The molecule has 1 unspecified atom stereocenters. The molecule has 0 aliphatic rings. The van der Waals surface area contributed by atoms with Crippen LogP contribution < -0.4 is 11.1 Å². The molecule has 0 saturated carbocycles. The maximum atomic E-state index is 12.2. The summed E-state index contributed by atoms with van der Waals surface area (Å²) >= 11 is 0. The third-order valence-corrected chi connectivity index (χ3v) is 3.29. The molecule has 0 bridgehead atoms. The first-order valence-corrected chi connectivity index (χ1v) is 6.77. The first-order valence-electron chi connectivity index (χ1n) is 6.77. The van der Waals surface area contributed by atoms with Crippen LogP contribution in [0.4, 0.5) is 0 Å². The fourth-order valence-corrected chi connectivity index (χ4v) is 1.89. The van der Waals surface area contributed by atoms with Gasteiger partial charge in [0, 0.05) is 0 Å². The molecular formula is C15H22N2O3. The molecule has 1 rings (SSSR count). The molecular weight excluding hydrogens is 256 g/mol. The Balaban J connectivity index is 2.80. The zero-order valence-corrected chi connectivity index (χ0v) is 11.9. The van der Waals surface area contributed by atoms with E-state index in [1.807, 2.05) is 13.0 Å². The van der Waals surface area contributed by atoms with E-state index < -0.39 is 23.5 Å². The summed E-state index contributed by atoms with van der Waals surface area (Å²) in [6.45, 7) is 3.55. The highest BCUT2D eigenvalue weighted by Gasteiger charge is 2.33. The molecule has 0 spiro atoms. The average Bonchev–Trinajstić information content (AvgIpc) is 2.43. The van der Waals surface area contributed by atoms with Gasteiger partial charge >= 0.3 is 5.97 Å². The largest absolute Gasteiger partial charge is 0.480 e. The van der Waals surface area contributed by atoms with E-state index in [0.717, 1.165) is 12.8 Å². The lowest BCUT2D eigenvalue weighted by Crippen LogP contribution is -2.53. The van der Waals surface area contributed by atoms with E-state index in [1.54, 1.807) is 31.2 Å². The lowest BCUT2D eigenvalue weighted by atomic mass is 9.92. The van der Waals surface area contributed by atoms with Gasteiger partial charge in [0.2, 0.25) is 5.91 Å². The van der Waals surface area contributed by atoms with Crippen molar-refractivity contribution in [1.82, 2.24) is 5.32 Å². The Hall–Kier alpha value is -1.88. The van der Waals surface area contributed by atoms with Crippen molar-refractivity contribution in [1.29, 1.82) is 0 Å². The Morgan fingerprint density at radius 1 is 1.35 bits per heavy atom. The lowest BCUT2D eigenvalue weighted by molar-refractivity contribution is -0.142. The quantitative estimate of drug-likeness (QED) is 0.706. The molecule has 20 heavy (non-hydrogen) atoms. The molecule has 0 radical (unpaired) electrons. The molecule has 0 aromatic heterocycles. The van der Waals surface area contributed by atoms with E-state index in [2.05, 4.69) is 5.32 Å². The molecule has 5 heteroatoms. The van der Waals surface area contributed by atoms with Crippen LogP contribution in [0.25, 0.3) is 0 Å². The average molecular weight is 278 g/mol. The molecule has 0 heterocycles. The number of hydrogen-bond acceptors (Lipinski definition) is 3. The minimum atomic E-state index is -1.25. The zero-order chi connectivity index (χ0) is 15.2. The van der Waals surface area contributed by atoms with Crippen molar-refractivity contribution in [2.24, 2.45) is 5.73 Å². The minimum Gasteiger partial charge on any atom is -0.480 e. The summed E-state index contributed by atoms with van der Waals surface area (Å²) in [5.41, 5.74) is 5.45. The molecule has 0 fully saturated rings. The Kier molecular flexibility index (Phi) is 5.70. The van der Waals surface area contributed by atoms with E-state index >= 15 is 0 Å². The standard InChI is InChI=1S/C15H22N2O3/c1-3-4-10-12(13(18)19)17-14(20)15(2,16)11-8-6-5-7-9-11/h5-9,12H,3-4,10,16H2,1-2H3,(H,17,20)(H,18,19)/t12-,15?/m0/s1. The summed E-state index contributed by atoms with van der Waals surface area (Å²) in [6, 6.07) is 8.02. The predicted octanol–water partition coefficient (Wildman–Crippen LogP) is 1.62. The van der Waals surface area contributed by atoms with E-state index in [4.69, 9.17) is 10.8 Å². The first kappa shape index (κ1) is 16.2. The fraction of sp³-hybridized carbons (Fsp3) is 0.467. The van der Waals surface area contributed by atoms with E-state index in [9.17, 15) is 9.59 Å². The summed E-state index contributed by atoms with van der Waals surface area (Å²) in [6.07, 6.45) is 2.02. The number of hydrogen-bond donors (Lipinski definition) is 3. The number of carboxylic acids is 1. The third-order valence-electron chi connectivity index (χ3n) is 3.29. The SMILES string of the molecule is CCCC[C@H](NC(=O)C(C)(N)c1ccccc1)C(=O)O. The maximum Gasteiger partial charge on any atom is 0.326 e. The van der Waals surface area contributed by atoms with Gasteiger partial charge in [-0.25, -0.2) is 4.79 Å². The van der Waals surface area contributed by atoms with Crippen LogP contribution in [-0.2, 0) is 15.1 Å². The molecule has 0 saturated heterocycles. The number of benzene rings is 1. The second kappa shape index (κ2) is 7.05. The number of carboxylic acid groups (broad SMARTS) is 1. The lowest BCUT2D eigenvalue weighted by Gasteiger charge is -2.26. The molecule has 1 aromatic rings. The van der Waals surface area contributed by atoms with Gasteiger partial charge in [-0.3, -0.25) is 4.79 Å². The smallest absolute Gasteiger partial charge is 0.326 e. The van der Waals surface area contributed by atoms with Crippen LogP contribution in [0.1, 0.15) is 38.7 Å². The van der Waals surface area contributed by atoms with Crippen LogP contribution in [0.15, 0.2) is 30.3 Å². The van der Waals surface area contributed by atoms with E-state index in [1.165, 1.54) is 0 Å². The van der Waals surface area contributed by atoms with Crippen molar-refractivity contribution in [3.8, 4) is 0 Å². The molecule has 1 aromatic carbocycles. The summed E-state index contributed by atoms with van der Waals surface area (Å²) in [7, 11) is 0. The second-order valence-corrected chi connectivity index (χ2v) is 5.07. The van der Waals surface area contributed by atoms with Crippen LogP contribution in [0, 0.1) is 0 Å². The molecule has 0 aliphatic heterocycles. The van der Waals surface area contributed by atoms with Gasteiger partial charge in [0.25, 0.3) is 0 Å². The van der Waals surface area contributed by atoms with Gasteiger partial charge in [0.1, 0.15) is 11.6 Å². The Labute approximate surface area is 119 Å². The van der Waals surface area contributed by atoms with Crippen molar-refractivity contribution >= 4 is 11.9 Å². The Morgan fingerprint density at radius 2 is 1.95 bits per heavy atom. The van der Waals surface area contributed by atoms with Crippen molar-refractivity contribution < 1.29 is 14.7 Å². The predicted molar refractivity (Wildman–Crippen MR) is 77.1 cm³/mol. The number of carbonyl (C=O) groups is 2. The molecule has 4 N–H and O–H groups in total. The van der Waals surface area contributed by atoms with Crippen molar-refractivity contribution in [3.63, 3.8) is 0 Å². The maximum absolute atomic E-state index is 12.2. The van der Waals surface area contributed by atoms with Crippen LogP contribution >= 0.6 is 0 Å². The highest BCUT2D eigenvalue weighted by atomic mass is 16.4. The summed E-state index contributed by atoms with van der Waals surface area (Å²) in [5.74, 6) is -1.51. The molecule has 1 amide bonds. The fourth-order valence-electron chi connectivity index (χ4n) is 1.89. The minimum absolute atomic E-state index is 0.405. The molecule has 5 nitrogen and oxygen atoms in total. The highest BCUT2D eigenvalue weighted by Crippen LogP contribution is 2.18. The second-order valence-electron chi connectivity index (χ2n) is 5.07. The van der Waals surface area contributed by atoms with Gasteiger partial charge in [-0.15, -0.1) is 0 Å². The topological polar surface area (TPSA) is 92.4 Å². The Bertz CT molecular complexity index is 457. The van der Waals surface area contributed by atoms with Gasteiger partial charge < -0.3 is 16.2 Å². The van der Waals surface area contributed by atoms with E-state index in [0.29, 0.717) is 12.0 Å².